The van der Waals surface area contributed by atoms with Crippen molar-refractivity contribution in [3.05, 3.63) is 23.8 Å². The molecule has 1 aromatic carbocycles. The molecule has 1 N–H and O–H groups in total. The van der Waals surface area contributed by atoms with E-state index >= 15 is 0 Å². The van der Waals surface area contributed by atoms with Gasteiger partial charge in [-0.1, -0.05) is 6.07 Å². The van der Waals surface area contributed by atoms with Crippen molar-refractivity contribution >= 4 is 17.6 Å². The van der Waals surface area contributed by atoms with Gasteiger partial charge in [-0.15, -0.1) is 0 Å². The summed E-state index contributed by atoms with van der Waals surface area (Å²) in [6, 6.07) is 5.33. The van der Waals surface area contributed by atoms with Gasteiger partial charge in [-0.05, 0) is 45.7 Å². The number of benzene rings is 1. The summed E-state index contributed by atoms with van der Waals surface area (Å²) in [5, 5.41) is 2.66. The van der Waals surface area contributed by atoms with E-state index in [0.717, 1.165) is 5.56 Å². The number of aryl methyl sites for hydroxylation is 1. The monoisotopic (exact) mass is 293 g/mol. The van der Waals surface area contributed by atoms with Crippen molar-refractivity contribution in [3.63, 3.8) is 0 Å². The number of methoxy groups -OCH3 is 1. The summed E-state index contributed by atoms with van der Waals surface area (Å²) in [4.78, 5) is 22.8. The lowest BCUT2D eigenvalue weighted by Gasteiger charge is -2.20. The van der Waals surface area contributed by atoms with Crippen molar-refractivity contribution in [1.29, 1.82) is 0 Å². The predicted molar refractivity (Wildman–Crippen MR) is 81.9 cm³/mol. The summed E-state index contributed by atoms with van der Waals surface area (Å²) in [6.07, 6.45) is 0.571. The highest BCUT2D eigenvalue weighted by Crippen LogP contribution is 2.25. The SMILES string of the molecule is COc1cc(NC(=O)OC(C)(C)C)ccc1CCC(C)=O. The zero-order valence-corrected chi connectivity index (χ0v) is 13.3. The van der Waals surface area contributed by atoms with Crippen LogP contribution in [0, 0.1) is 0 Å². The first-order chi connectivity index (χ1) is 9.71. The molecule has 5 nitrogen and oxygen atoms in total. The second kappa shape index (κ2) is 7.11. The van der Waals surface area contributed by atoms with Gasteiger partial charge in [0.1, 0.15) is 17.1 Å². The van der Waals surface area contributed by atoms with E-state index in [9.17, 15) is 9.59 Å². The maximum atomic E-state index is 11.7. The van der Waals surface area contributed by atoms with Crippen molar-refractivity contribution in [2.75, 3.05) is 12.4 Å². The quantitative estimate of drug-likeness (QED) is 0.901. The lowest BCUT2D eigenvalue weighted by Crippen LogP contribution is -2.27. The molecular formula is C16H23NO4. The lowest BCUT2D eigenvalue weighted by atomic mass is 10.1. The first-order valence-corrected chi connectivity index (χ1v) is 6.87. The number of anilines is 1. The molecule has 5 heteroatoms. The molecule has 0 saturated heterocycles. The zero-order chi connectivity index (χ0) is 16.0. The molecule has 0 aliphatic rings. The van der Waals surface area contributed by atoms with E-state index in [1.165, 1.54) is 0 Å². The Labute approximate surface area is 125 Å². The maximum Gasteiger partial charge on any atom is 0.412 e. The van der Waals surface area contributed by atoms with Crippen molar-refractivity contribution in [3.8, 4) is 5.75 Å². The summed E-state index contributed by atoms with van der Waals surface area (Å²) < 4.78 is 10.5. The van der Waals surface area contributed by atoms with Crippen LogP contribution in [0.4, 0.5) is 10.5 Å². The third-order valence-electron chi connectivity index (χ3n) is 2.68. The average Bonchev–Trinajstić information content (AvgIpc) is 2.34. The lowest BCUT2D eigenvalue weighted by molar-refractivity contribution is -0.116. The molecule has 0 heterocycles. The molecule has 1 amide bonds. The van der Waals surface area contributed by atoms with Gasteiger partial charge in [0.25, 0.3) is 0 Å². The first kappa shape index (κ1) is 17.0. The van der Waals surface area contributed by atoms with Crippen LogP contribution in [0.15, 0.2) is 18.2 Å². The summed E-state index contributed by atoms with van der Waals surface area (Å²) in [5.74, 6) is 0.776. The van der Waals surface area contributed by atoms with Gasteiger partial charge >= 0.3 is 6.09 Å². The van der Waals surface area contributed by atoms with E-state index in [0.29, 0.717) is 24.3 Å². The van der Waals surface area contributed by atoms with Crippen LogP contribution in [-0.2, 0) is 16.0 Å². The van der Waals surface area contributed by atoms with Crippen LogP contribution in [0.3, 0.4) is 0 Å². The second-order valence-electron chi connectivity index (χ2n) is 5.86. The molecule has 0 aliphatic heterocycles. The van der Waals surface area contributed by atoms with Crippen molar-refractivity contribution < 1.29 is 19.1 Å². The summed E-state index contributed by atoms with van der Waals surface area (Å²) in [5.41, 5.74) is 0.977. The number of amides is 1. The molecule has 21 heavy (non-hydrogen) atoms. The second-order valence-corrected chi connectivity index (χ2v) is 5.86. The van der Waals surface area contributed by atoms with Crippen molar-refractivity contribution in [2.45, 2.75) is 46.1 Å². The first-order valence-electron chi connectivity index (χ1n) is 6.87. The molecule has 1 aromatic rings. The highest BCUT2D eigenvalue weighted by Gasteiger charge is 2.16. The fourth-order valence-corrected chi connectivity index (χ4v) is 1.76. The van der Waals surface area contributed by atoms with Crippen LogP contribution >= 0.6 is 0 Å². The number of rotatable bonds is 5. The Morgan fingerprint density at radius 1 is 1.24 bits per heavy atom. The number of Topliss-reactive ketones (excluding diaryl/α,β-unsaturated/α-hetero) is 1. The minimum atomic E-state index is -0.546. The van der Waals surface area contributed by atoms with Crippen LogP contribution < -0.4 is 10.1 Å². The number of ketones is 1. The van der Waals surface area contributed by atoms with E-state index in [4.69, 9.17) is 9.47 Å². The molecule has 0 spiro atoms. The van der Waals surface area contributed by atoms with Gasteiger partial charge in [0.05, 0.1) is 7.11 Å². The van der Waals surface area contributed by atoms with Gasteiger partial charge in [0.2, 0.25) is 0 Å². The smallest absolute Gasteiger partial charge is 0.412 e. The molecule has 0 fully saturated rings. The average molecular weight is 293 g/mol. The van der Waals surface area contributed by atoms with Gasteiger partial charge < -0.3 is 14.3 Å². The molecule has 1 rings (SSSR count). The van der Waals surface area contributed by atoms with E-state index < -0.39 is 11.7 Å². The van der Waals surface area contributed by atoms with E-state index in [-0.39, 0.29) is 5.78 Å². The highest BCUT2D eigenvalue weighted by molar-refractivity contribution is 5.85. The predicted octanol–water partition coefficient (Wildman–Crippen LogP) is 3.56. The standard InChI is InChI=1S/C16H23NO4/c1-11(18)6-7-12-8-9-13(10-14(12)20-5)17-15(19)21-16(2,3)4/h8-10H,6-7H2,1-5H3,(H,17,19). The number of hydrogen-bond donors (Lipinski definition) is 1. The topological polar surface area (TPSA) is 64.6 Å². The van der Waals surface area contributed by atoms with E-state index in [1.807, 2.05) is 6.07 Å². The van der Waals surface area contributed by atoms with Crippen LogP contribution in [-0.4, -0.2) is 24.6 Å². The van der Waals surface area contributed by atoms with Crippen molar-refractivity contribution in [2.24, 2.45) is 0 Å². The van der Waals surface area contributed by atoms with Gasteiger partial charge in [0.15, 0.2) is 0 Å². The maximum absolute atomic E-state index is 11.7. The molecule has 116 valence electrons. The van der Waals surface area contributed by atoms with Gasteiger partial charge in [-0.3, -0.25) is 5.32 Å². The normalized spacial score (nSPS) is 10.9. The molecule has 0 atom stereocenters. The molecule has 0 bridgehead atoms. The largest absolute Gasteiger partial charge is 0.496 e. The minimum Gasteiger partial charge on any atom is -0.496 e. The number of nitrogens with one attached hydrogen (secondary N) is 1. The molecule has 0 unspecified atom stereocenters. The Kier molecular flexibility index (Phi) is 5.76. The summed E-state index contributed by atoms with van der Waals surface area (Å²) in [7, 11) is 1.56. The van der Waals surface area contributed by atoms with Crippen LogP contribution in [0.1, 0.15) is 39.7 Å². The van der Waals surface area contributed by atoms with Crippen molar-refractivity contribution in [1.82, 2.24) is 0 Å². The molecule has 0 aliphatic carbocycles. The molecular weight excluding hydrogens is 270 g/mol. The minimum absolute atomic E-state index is 0.132. The number of carbonyl (C=O) groups is 2. The Morgan fingerprint density at radius 2 is 1.90 bits per heavy atom. The van der Waals surface area contributed by atoms with Gasteiger partial charge in [0, 0.05) is 18.2 Å². The fourth-order valence-electron chi connectivity index (χ4n) is 1.76. The van der Waals surface area contributed by atoms with E-state index in [2.05, 4.69) is 5.32 Å². The Hall–Kier alpha value is -2.04. The molecule has 0 radical (unpaired) electrons. The number of ether oxygens (including phenoxy) is 2. The molecule has 0 saturated carbocycles. The third-order valence-corrected chi connectivity index (χ3v) is 2.68. The Bertz CT molecular complexity index is 517. The Balaban J connectivity index is 2.77. The number of hydrogen-bond acceptors (Lipinski definition) is 4. The van der Waals surface area contributed by atoms with Gasteiger partial charge in [-0.25, -0.2) is 4.79 Å². The highest BCUT2D eigenvalue weighted by atomic mass is 16.6. The van der Waals surface area contributed by atoms with E-state index in [1.54, 1.807) is 46.9 Å². The summed E-state index contributed by atoms with van der Waals surface area (Å²) >= 11 is 0. The van der Waals surface area contributed by atoms with Gasteiger partial charge in [-0.2, -0.15) is 0 Å². The third kappa shape index (κ3) is 6.29. The number of carbonyl (C=O) groups excluding carboxylic acids is 2. The van der Waals surface area contributed by atoms with Crippen LogP contribution in [0.25, 0.3) is 0 Å². The molecule has 0 aromatic heterocycles. The Morgan fingerprint density at radius 3 is 2.43 bits per heavy atom. The van der Waals surface area contributed by atoms with Crippen LogP contribution in [0.5, 0.6) is 5.75 Å². The zero-order valence-electron chi connectivity index (χ0n) is 13.3. The summed E-state index contributed by atoms with van der Waals surface area (Å²) in [6.45, 7) is 6.97. The fraction of sp³-hybridized carbons (Fsp3) is 0.500. The van der Waals surface area contributed by atoms with Crippen LogP contribution in [0.2, 0.25) is 0 Å².